The smallest absolute Gasteiger partial charge is 0.226 e. The highest BCUT2D eigenvalue weighted by atomic mass is 35.5. The highest BCUT2D eigenvalue weighted by Gasteiger charge is 2.17. The van der Waals surface area contributed by atoms with Crippen LogP contribution in [0.2, 0.25) is 5.02 Å². The van der Waals surface area contributed by atoms with Gasteiger partial charge in [-0.2, -0.15) is 0 Å². The van der Waals surface area contributed by atoms with Gasteiger partial charge in [-0.15, -0.1) is 0 Å². The maximum atomic E-state index is 12.0. The summed E-state index contributed by atoms with van der Waals surface area (Å²) < 4.78 is 28.9. The van der Waals surface area contributed by atoms with E-state index in [2.05, 4.69) is 10.5 Å². The van der Waals surface area contributed by atoms with Crippen LogP contribution in [0.5, 0.6) is 0 Å². The monoisotopic (exact) mass is 328 g/mol. The summed E-state index contributed by atoms with van der Waals surface area (Å²) in [6, 6.07) is 7.36. The second kappa shape index (κ2) is 6.28. The zero-order chi connectivity index (χ0) is 15.5. The minimum absolute atomic E-state index is 0.136. The highest BCUT2D eigenvalue weighted by molar-refractivity contribution is 7.91. The van der Waals surface area contributed by atoms with Crippen LogP contribution in [0, 0.1) is 6.92 Å². The molecule has 6 nitrogen and oxygen atoms in total. The summed E-state index contributed by atoms with van der Waals surface area (Å²) in [6.45, 7) is 1.69. The van der Waals surface area contributed by atoms with E-state index in [1.165, 1.54) is 24.3 Å². The van der Waals surface area contributed by atoms with E-state index in [1.807, 2.05) is 0 Å². The lowest BCUT2D eigenvalue weighted by Gasteiger charge is -2.04. The van der Waals surface area contributed by atoms with Gasteiger partial charge in [-0.3, -0.25) is 4.79 Å². The third-order valence-corrected chi connectivity index (χ3v) is 4.65. The Balaban J connectivity index is 1.95. The lowest BCUT2D eigenvalue weighted by atomic mass is 10.4. The molecule has 0 aliphatic carbocycles. The van der Waals surface area contributed by atoms with Gasteiger partial charge in [0.2, 0.25) is 5.91 Å². The molecule has 2 aromatic rings. The molecule has 1 amide bonds. The van der Waals surface area contributed by atoms with Gasteiger partial charge in [0.1, 0.15) is 5.76 Å². The molecule has 1 aromatic heterocycles. The summed E-state index contributed by atoms with van der Waals surface area (Å²) >= 11 is 5.71. The molecule has 0 fully saturated rings. The standard InChI is InChI=1S/C13H13ClN2O4S/c1-9-8-12(16-20-9)15-13(17)6-7-21(18,19)11-4-2-10(14)3-5-11/h2-5,8H,6-7H2,1H3,(H,15,16,17). The Morgan fingerprint density at radius 2 is 2.00 bits per heavy atom. The van der Waals surface area contributed by atoms with Gasteiger partial charge in [0.15, 0.2) is 15.7 Å². The van der Waals surface area contributed by atoms with E-state index in [0.29, 0.717) is 10.8 Å². The maximum Gasteiger partial charge on any atom is 0.226 e. The zero-order valence-electron chi connectivity index (χ0n) is 11.2. The van der Waals surface area contributed by atoms with E-state index in [-0.39, 0.29) is 22.9 Å². The average Bonchev–Trinajstić information content (AvgIpc) is 2.82. The molecule has 0 spiro atoms. The Bertz CT molecular complexity index is 738. The predicted octanol–water partition coefficient (Wildman–Crippen LogP) is 2.44. The molecular weight excluding hydrogens is 316 g/mol. The molecule has 0 saturated heterocycles. The molecule has 0 atom stereocenters. The van der Waals surface area contributed by atoms with Crippen molar-refractivity contribution in [2.75, 3.05) is 11.1 Å². The number of aryl methyl sites for hydroxylation is 1. The van der Waals surface area contributed by atoms with Crippen LogP contribution in [-0.2, 0) is 14.6 Å². The maximum absolute atomic E-state index is 12.0. The van der Waals surface area contributed by atoms with Crippen molar-refractivity contribution in [2.24, 2.45) is 0 Å². The number of carbonyl (C=O) groups excluding carboxylic acids is 1. The number of nitrogens with one attached hydrogen (secondary N) is 1. The van der Waals surface area contributed by atoms with Crippen molar-refractivity contribution in [2.45, 2.75) is 18.2 Å². The number of hydrogen-bond acceptors (Lipinski definition) is 5. The van der Waals surface area contributed by atoms with Gasteiger partial charge in [0.25, 0.3) is 0 Å². The molecule has 0 aliphatic rings. The molecule has 1 heterocycles. The molecule has 0 unspecified atom stereocenters. The lowest BCUT2D eigenvalue weighted by Crippen LogP contribution is -2.17. The van der Waals surface area contributed by atoms with E-state index in [9.17, 15) is 13.2 Å². The van der Waals surface area contributed by atoms with Crippen LogP contribution < -0.4 is 5.32 Å². The summed E-state index contributed by atoms with van der Waals surface area (Å²) in [5, 5.41) is 6.52. The molecule has 2 rings (SSSR count). The third kappa shape index (κ3) is 4.30. The summed E-state index contributed by atoms with van der Waals surface area (Å²) in [5.41, 5.74) is 0. The largest absolute Gasteiger partial charge is 0.360 e. The minimum Gasteiger partial charge on any atom is -0.360 e. The SMILES string of the molecule is Cc1cc(NC(=O)CCS(=O)(=O)c2ccc(Cl)cc2)no1. The van der Waals surface area contributed by atoms with E-state index < -0.39 is 15.7 Å². The van der Waals surface area contributed by atoms with Gasteiger partial charge < -0.3 is 9.84 Å². The first-order chi connectivity index (χ1) is 9.87. The number of nitrogens with zero attached hydrogens (tertiary/aromatic N) is 1. The summed E-state index contributed by atoms with van der Waals surface area (Å²) in [5.74, 6) is 0.0819. The third-order valence-electron chi connectivity index (χ3n) is 2.67. The van der Waals surface area contributed by atoms with Gasteiger partial charge in [-0.25, -0.2) is 8.42 Å². The number of carbonyl (C=O) groups is 1. The van der Waals surface area contributed by atoms with Gasteiger partial charge >= 0.3 is 0 Å². The number of hydrogen-bond donors (Lipinski definition) is 1. The number of rotatable bonds is 5. The number of benzene rings is 1. The van der Waals surface area contributed by atoms with Crippen LogP contribution in [0.4, 0.5) is 5.82 Å². The van der Waals surface area contributed by atoms with Crippen molar-refractivity contribution in [3.8, 4) is 0 Å². The fourth-order valence-electron chi connectivity index (χ4n) is 1.62. The van der Waals surface area contributed by atoms with Crippen LogP contribution in [-0.4, -0.2) is 25.2 Å². The molecule has 0 aliphatic heterocycles. The Morgan fingerprint density at radius 1 is 1.33 bits per heavy atom. The van der Waals surface area contributed by atoms with Crippen molar-refractivity contribution in [1.82, 2.24) is 5.16 Å². The lowest BCUT2D eigenvalue weighted by molar-refractivity contribution is -0.115. The molecule has 8 heteroatoms. The van der Waals surface area contributed by atoms with E-state index >= 15 is 0 Å². The van der Waals surface area contributed by atoms with E-state index in [0.717, 1.165) is 0 Å². The number of sulfone groups is 1. The summed E-state index contributed by atoms with van der Waals surface area (Å²) in [7, 11) is -3.52. The van der Waals surface area contributed by atoms with Gasteiger partial charge in [0.05, 0.1) is 10.6 Å². The van der Waals surface area contributed by atoms with Crippen LogP contribution in [0.25, 0.3) is 0 Å². The number of aromatic nitrogens is 1. The van der Waals surface area contributed by atoms with Gasteiger partial charge in [0, 0.05) is 17.5 Å². The van der Waals surface area contributed by atoms with E-state index in [1.54, 1.807) is 13.0 Å². The summed E-state index contributed by atoms with van der Waals surface area (Å²) in [4.78, 5) is 11.8. The Morgan fingerprint density at radius 3 is 2.57 bits per heavy atom. The Kier molecular flexibility index (Phi) is 4.64. The molecule has 0 radical (unpaired) electrons. The predicted molar refractivity (Wildman–Crippen MR) is 78.0 cm³/mol. The first-order valence-electron chi connectivity index (χ1n) is 6.08. The number of anilines is 1. The van der Waals surface area contributed by atoms with Crippen molar-refractivity contribution in [1.29, 1.82) is 0 Å². The normalized spacial score (nSPS) is 11.3. The van der Waals surface area contributed by atoms with Crippen molar-refractivity contribution >= 4 is 33.2 Å². The number of amides is 1. The number of halogens is 1. The first kappa shape index (κ1) is 15.5. The highest BCUT2D eigenvalue weighted by Crippen LogP contribution is 2.16. The molecule has 112 valence electrons. The Hall–Kier alpha value is -1.86. The second-order valence-corrected chi connectivity index (χ2v) is 6.94. The van der Waals surface area contributed by atoms with Crippen LogP contribution >= 0.6 is 11.6 Å². The van der Waals surface area contributed by atoms with E-state index in [4.69, 9.17) is 16.1 Å². The molecule has 21 heavy (non-hydrogen) atoms. The van der Waals surface area contributed by atoms with Crippen molar-refractivity contribution < 1.29 is 17.7 Å². The molecule has 0 bridgehead atoms. The van der Waals surface area contributed by atoms with Crippen LogP contribution in [0.1, 0.15) is 12.2 Å². The molecule has 1 aromatic carbocycles. The molecule has 0 saturated carbocycles. The first-order valence-corrected chi connectivity index (χ1v) is 8.11. The van der Waals surface area contributed by atoms with Gasteiger partial charge in [-0.05, 0) is 31.2 Å². The topological polar surface area (TPSA) is 89.3 Å². The van der Waals surface area contributed by atoms with Crippen LogP contribution in [0.3, 0.4) is 0 Å². The quantitative estimate of drug-likeness (QED) is 0.910. The summed E-state index contributed by atoms with van der Waals surface area (Å²) in [6.07, 6.45) is -0.170. The fraction of sp³-hybridized carbons (Fsp3) is 0.231. The van der Waals surface area contributed by atoms with Crippen molar-refractivity contribution in [3.05, 3.63) is 41.1 Å². The molecular formula is C13H13ClN2O4S. The average molecular weight is 329 g/mol. The zero-order valence-corrected chi connectivity index (χ0v) is 12.7. The Labute approximate surface area is 127 Å². The van der Waals surface area contributed by atoms with Gasteiger partial charge in [-0.1, -0.05) is 16.8 Å². The molecule has 1 N–H and O–H groups in total. The fourth-order valence-corrected chi connectivity index (χ4v) is 2.98. The minimum atomic E-state index is -3.52. The second-order valence-electron chi connectivity index (χ2n) is 4.39. The van der Waals surface area contributed by atoms with Crippen LogP contribution in [0.15, 0.2) is 39.8 Å². The van der Waals surface area contributed by atoms with Crippen molar-refractivity contribution in [3.63, 3.8) is 0 Å².